The Labute approximate surface area is 90.0 Å². The van der Waals surface area contributed by atoms with Gasteiger partial charge in [0.2, 0.25) is 0 Å². The maximum atomic E-state index is 5.62. The zero-order chi connectivity index (χ0) is 11.1. The molecule has 3 aromatic rings. The molecule has 0 radical (unpaired) electrons. The Hall–Kier alpha value is -2.37. The van der Waals surface area contributed by atoms with Crippen molar-refractivity contribution >= 4 is 16.8 Å². The summed E-state index contributed by atoms with van der Waals surface area (Å²) in [5, 5.41) is 8.22. The second-order valence-electron chi connectivity index (χ2n) is 3.43. The number of anilines is 1. The van der Waals surface area contributed by atoms with Crippen molar-refractivity contribution in [2.24, 2.45) is 0 Å². The lowest BCUT2D eigenvalue weighted by Crippen LogP contribution is -1.88. The van der Waals surface area contributed by atoms with Gasteiger partial charge in [0, 0.05) is 17.1 Å². The smallest absolute Gasteiger partial charge is 0.199 e. The lowest BCUT2D eigenvalue weighted by molar-refractivity contribution is 0.309. The summed E-state index contributed by atoms with van der Waals surface area (Å²) in [5.41, 5.74) is 7.68. The average Bonchev–Trinajstić information content (AvgIpc) is 2.84. The first-order valence-corrected chi connectivity index (χ1v) is 4.69. The molecule has 0 saturated heterocycles. The summed E-state index contributed by atoms with van der Waals surface area (Å²) in [7, 11) is 0. The zero-order valence-electron chi connectivity index (χ0n) is 8.47. The van der Waals surface area contributed by atoms with Crippen LogP contribution in [0.5, 0.6) is 0 Å². The monoisotopic (exact) mass is 216 g/mol. The van der Waals surface area contributed by atoms with E-state index in [0.717, 1.165) is 10.9 Å². The Kier molecular flexibility index (Phi) is 1.70. The first-order chi connectivity index (χ1) is 7.77. The molecule has 0 fully saturated rings. The predicted molar refractivity (Wildman–Crippen MR) is 56.5 cm³/mol. The maximum Gasteiger partial charge on any atom is 0.199 e. The van der Waals surface area contributed by atoms with Crippen LogP contribution in [0.15, 0.2) is 27.5 Å². The van der Waals surface area contributed by atoms with Gasteiger partial charge in [-0.3, -0.25) is 4.98 Å². The molecule has 0 aromatic carbocycles. The summed E-state index contributed by atoms with van der Waals surface area (Å²) in [6.45, 7) is 1.93. The van der Waals surface area contributed by atoms with E-state index in [1.807, 2.05) is 13.0 Å². The molecule has 0 saturated carbocycles. The number of aromatic nitrogens is 3. The minimum Gasteiger partial charge on any atom is -0.452 e. The van der Waals surface area contributed by atoms with E-state index in [0.29, 0.717) is 17.0 Å². The van der Waals surface area contributed by atoms with Gasteiger partial charge in [0.05, 0.1) is 6.20 Å². The third kappa shape index (κ3) is 1.10. The van der Waals surface area contributed by atoms with Crippen LogP contribution in [0.4, 0.5) is 5.82 Å². The van der Waals surface area contributed by atoms with Crippen molar-refractivity contribution in [3.05, 3.63) is 24.0 Å². The van der Waals surface area contributed by atoms with Crippen molar-refractivity contribution in [1.29, 1.82) is 0 Å². The Morgan fingerprint density at radius 3 is 2.88 bits per heavy atom. The topological polar surface area (TPSA) is 91.0 Å². The highest BCUT2D eigenvalue weighted by Gasteiger charge is 2.18. The van der Waals surface area contributed by atoms with Gasteiger partial charge in [-0.15, -0.1) is 0 Å². The van der Waals surface area contributed by atoms with E-state index in [2.05, 4.69) is 19.9 Å². The van der Waals surface area contributed by atoms with Crippen molar-refractivity contribution in [2.45, 2.75) is 6.92 Å². The van der Waals surface area contributed by atoms with Gasteiger partial charge in [-0.2, -0.15) is 0 Å². The predicted octanol–water partition coefficient (Wildman–Crippen LogP) is 1.77. The molecule has 0 spiro atoms. The lowest BCUT2D eigenvalue weighted by Gasteiger charge is -1.91. The first kappa shape index (κ1) is 8.90. The van der Waals surface area contributed by atoms with Crippen LogP contribution in [-0.2, 0) is 0 Å². The lowest BCUT2D eigenvalue weighted by atomic mass is 10.1. The van der Waals surface area contributed by atoms with E-state index in [1.165, 1.54) is 0 Å². The van der Waals surface area contributed by atoms with Gasteiger partial charge in [-0.1, -0.05) is 0 Å². The molecule has 6 heteroatoms. The SMILES string of the molecule is Cc1c(-c2nonc2N)oc2cnccc12. The Morgan fingerprint density at radius 2 is 2.19 bits per heavy atom. The van der Waals surface area contributed by atoms with E-state index >= 15 is 0 Å². The zero-order valence-corrected chi connectivity index (χ0v) is 8.47. The molecule has 0 atom stereocenters. The van der Waals surface area contributed by atoms with Crippen LogP contribution < -0.4 is 5.73 Å². The molecule has 6 nitrogen and oxygen atoms in total. The molecule has 0 amide bonds. The fraction of sp³-hybridized carbons (Fsp3) is 0.100. The number of furan rings is 1. The second kappa shape index (κ2) is 3.06. The standard InChI is InChI=1S/C10H8N4O2/c1-5-6-2-3-12-4-7(6)15-9(5)8-10(11)14-16-13-8/h2-4H,1H3,(H2,11,14). The largest absolute Gasteiger partial charge is 0.452 e. The average molecular weight is 216 g/mol. The number of rotatable bonds is 1. The second-order valence-corrected chi connectivity index (χ2v) is 3.43. The first-order valence-electron chi connectivity index (χ1n) is 4.69. The Balaban J connectivity index is 2.33. The highest BCUT2D eigenvalue weighted by molar-refractivity contribution is 5.87. The Bertz CT molecular complexity index is 656. The van der Waals surface area contributed by atoms with Gasteiger partial charge < -0.3 is 10.2 Å². The van der Waals surface area contributed by atoms with Crippen molar-refractivity contribution in [1.82, 2.24) is 15.3 Å². The van der Waals surface area contributed by atoms with E-state index in [9.17, 15) is 0 Å². The molecule has 16 heavy (non-hydrogen) atoms. The van der Waals surface area contributed by atoms with Gasteiger partial charge in [0.25, 0.3) is 0 Å². The quantitative estimate of drug-likeness (QED) is 0.666. The van der Waals surface area contributed by atoms with Crippen molar-refractivity contribution < 1.29 is 9.05 Å². The molecule has 80 valence electrons. The molecule has 0 unspecified atom stereocenters. The van der Waals surface area contributed by atoms with Crippen LogP contribution in [0.3, 0.4) is 0 Å². The van der Waals surface area contributed by atoms with Gasteiger partial charge in [0.15, 0.2) is 22.9 Å². The minimum absolute atomic E-state index is 0.218. The number of hydrogen-bond donors (Lipinski definition) is 1. The third-order valence-electron chi connectivity index (χ3n) is 2.47. The Morgan fingerprint density at radius 1 is 1.31 bits per heavy atom. The molecule has 3 heterocycles. The van der Waals surface area contributed by atoms with Crippen LogP contribution in [0.2, 0.25) is 0 Å². The molecule has 2 N–H and O–H groups in total. The molecule has 0 aliphatic carbocycles. The molecular weight excluding hydrogens is 208 g/mol. The number of nitrogens with two attached hydrogens (primary N) is 1. The fourth-order valence-electron chi connectivity index (χ4n) is 1.66. The number of pyridine rings is 1. The van der Waals surface area contributed by atoms with E-state index in [4.69, 9.17) is 10.2 Å². The normalized spacial score (nSPS) is 11.1. The van der Waals surface area contributed by atoms with E-state index < -0.39 is 0 Å². The highest BCUT2D eigenvalue weighted by Crippen LogP contribution is 2.33. The van der Waals surface area contributed by atoms with Crippen LogP contribution in [0.25, 0.3) is 22.4 Å². The number of hydrogen-bond acceptors (Lipinski definition) is 6. The van der Waals surface area contributed by atoms with E-state index in [1.54, 1.807) is 12.4 Å². The molecule has 0 aliphatic heterocycles. The molecule has 0 bridgehead atoms. The maximum absolute atomic E-state index is 5.62. The highest BCUT2D eigenvalue weighted by atomic mass is 16.6. The van der Waals surface area contributed by atoms with Crippen LogP contribution in [0.1, 0.15) is 5.56 Å². The number of aryl methyl sites for hydroxylation is 1. The van der Waals surface area contributed by atoms with Crippen LogP contribution >= 0.6 is 0 Å². The fourth-order valence-corrected chi connectivity index (χ4v) is 1.66. The number of nitrogens with zero attached hydrogens (tertiary/aromatic N) is 3. The summed E-state index contributed by atoms with van der Waals surface area (Å²) < 4.78 is 10.2. The van der Waals surface area contributed by atoms with Gasteiger partial charge >= 0.3 is 0 Å². The van der Waals surface area contributed by atoms with Crippen molar-refractivity contribution in [2.75, 3.05) is 5.73 Å². The summed E-state index contributed by atoms with van der Waals surface area (Å²) in [6.07, 6.45) is 3.36. The van der Waals surface area contributed by atoms with Gasteiger partial charge in [-0.25, -0.2) is 4.63 Å². The molecule has 3 aromatic heterocycles. The van der Waals surface area contributed by atoms with Gasteiger partial charge in [-0.05, 0) is 23.3 Å². The summed E-state index contributed by atoms with van der Waals surface area (Å²) in [4.78, 5) is 3.99. The molecule has 0 aliphatic rings. The van der Waals surface area contributed by atoms with Crippen LogP contribution in [-0.4, -0.2) is 15.3 Å². The number of fused-ring (bicyclic) bond motifs is 1. The third-order valence-corrected chi connectivity index (χ3v) is 2.47. The van der Waals surface area contributed by atoms with Crippen LogP contribution in [0, 0.1) is 6.92 Å². The molecular formula is C10H8N4O2. The molecule has 3 rings (SSSR count). The summed E-state index contributed by atoms with van der Waals surface area (Å²) >= 11 is 0. The van der Waals surface area contributed by atoms with Crippen molar-refractivity contribution in [3.63, 3.8) is 0 Å². The number of nitrogen functional groups attached to an aromatic ring is 1. The van der Waals surface area contributed by atoms with E-state index in [-0.39, 0.29) is 5.82 Å². The summed E-state index contributed by atoms with van der Waals surface area (Å²) in [6, 6.07) is 1.88. The van der Waals surface area contributed by atoms with Gasteiger partial charge in [0.1, 0.15) is 0 Å². The van der Waals surface area contributed by atoms with Crippen molar-refractivity contribution in [3.8, 4) is 11.5 Å². The minimum atomic E-state index is 0.218. The summed E-state index contributed by atoms with van der Waals surface area (Å²) in [5.74, 6) is 0.789.